The zero-order valence-electron chi connectivity index (χ0n) is 11.8. The van der Waals surface area contributed by atoms with Gasteiger partial charge in [-0.15, -0.1) is 0 Å². The maximum Gasteiger partial charge on any atom is 0.410 e. The maximum absolute atomic E-state index is 11.6. The van der Waals surface area contributed by atoms with E-state index in [0.29, 0.717) is 19.1 Å². The predicted octanol–water partition coefficient (Wildman–Crippen LogP) is 1.64. The number of aliphatic hydroxyl groups excluding tert-OH is 1. The Morgan fingerprint density at radius 2 is 2.00 bits per heavy atom. The van der Waals surface area contributed by atoms with Crippen LogP contribution in [0.2, 0.25) is 0 Å². The zero-order chi connectivity index (χ0) is 13.8. The number of hydrogen-bond acceptors (Lipinski definition) is 4. The first-order valence-corrected chi connectivity index (χ1v) is 6.48. The first-order valence-electron chi connectivity index (χ1n) is 6.48. The summed E-state index contributed by atoms with van der Waals surface area (Å²) >= 11 is 0. The van der Waals surface area contributed by atoms with Gasteiger partial charge < -0.3 is 19.5 Å². The summed E-state index contributed by atoms with van der Waals surface area (Å²) in [6, 6.07) is 0. The number of amides is 1. The number of nitrogens with zero attached hydrogens (tertiary/aromatic N) is 1. The average Bonchev–Trinajstić information content (AvgIpc) is 2.18. The van der Waals surface area contributed by atoms with Crippen LogP contribution in [0.25, 0.3) is 0 Å². The second kappa shape index (κ2) is 6.38. The first-order chi connectivity index (χ1) is 8.31. The molecular formula is C13H25NO4. The number of ether oxygens (including phenoxy) is 2. The van der Waals surface area contributed by atoms with E-state index in [4.69, 9.17) is 14.6 Å². The molecule has 1 amide bonds. The molecule has 1 fully saturated rings. The van der Waals surface area contributed by atoms with E-state index in [1.807, 2.05) is 20.8 Å². The SMILES string of the molecule is CN(CCO[C@H]1C[C@H](CO)C1)C(=O)OC(C)(C)C. The second-order valence-electron chi connectivity index (χ2n) is 5.91. The normalized spacial score (nSPS) is 23.4. The topological polar surface area (TPSA) is 59.0 Å². The molecule has 0 aliphatic heterocycles. The quantitative estimate of drug-likeness (QED) is 0.815. The molecule has 1 rings (SSSR count). The van der Waals surface area contributed by atoms with Crippen molar-refractivity contribution in [2.75, 3.05) is 26.8 Å². The summed E-state index contributed by atoms with van der Waals surface area (Å²) in [4.78, 5) is 13.2. The van der Waals surface area contributed by atoms with Crippen molar-refractivity contribution in [2.45, 2.75) is 45.3 Å². The first kappa shape index (κ1) is 15.2. The molecule has 0 atom stereocenters. The number of carbonyl (C=O) groups excluding carboxylic acids is 1. The predicted molar refractivity (Wildman–Crippen MR) is 68.4 cm³/mol. The molecule has 1 saturated carbocycles. The Hall–Kier alpha value is -0.810. The van der Waals surface area contributed by atoms with Crippen LogP contribution >= 0.6 is 0 Å². The van der Waals surface area contributed by atoms with Crippen LogP contribution in [-0.4, -0.2) is 54.6 Å². The molecule has 0 unspecified atom stereocenters. The van der Waals surface area contributed by atoms with Gasteiger partial charge in [-0.05, 0) is 39.5 Å². The minimum Gasteiger partial charge on any atom is -0.444 e. The summed E-state index contributed by atoms with van der Waals surface area (Å²) < 4.78 is 10.8. The average molecular weight is 259 g/mol. The third-order valence-electron chi connectivity index (χ3n) is 2.94. The van der Waals surface area contributed by atoms with Crippen LogP contribution in [0.15, 0.2) is 0 Å². The van der Waals surface area contributed by atoms with Crippen molar-refractivity contribution in [2.24, 2.45) is 5.92 Å². The summed E-state index contributed by atoms with van der Waals surface area (Å²) in [7, 11) is 1.70. The van der Waals surface area contributed by atoms with Crippen LogP contribution in [0.5, 0.6) is 0 Å². The summed E-state index contributed by atoms with van der Waals surface area (Å²) in [6.45, 7) is 6.82. The van der Waals surface area contributed by atoms with Gasteiger partial charge >= 0.3 is 6.09 Å². The Morgan fingerprint density at radius 3 is 2.50 bits per heavy atom. The van der Waals surface area contributed by atoms with Gasteiger partial charge in [0.25, 0.3) is 0 Å². The fourth-order valence-corrected chi connectivity index (χ4v) is 1.75. The van der Waals surface area contributed by atoms with Gasteiger partial charge in [0.05, 0.1) is 12.7 Å². The summed E-state index contributed by atoms with van der Waals surface area (Å²) in [5.74, 6) is 0.401. The highest BCUT2D eigenvalue weighted by atomic mass is 16.6. The number of carbonyl (C=O) groups is 1. The Kier molecular flexibility index (Phi) is 5.41. The fourth-order valence-electron chi connectivity index (χ4n) is 1.75. The third-order valence-corrected chi connectivity index (χ3v) is 2.94. The molecule has 0 aromatic carbocycles. The molecule has 5 heteroatoms. The maximum atomic E-state index is 11.6. The van der Waals surface area contributed by atoms with E-state index in [0.717, 1.165) is 12.8 Å². The van der Waals surface area contributed by atoms with Crippen LogP contribution < -0.4 is 0 Å². The van der Waals surface area contributed by atoms with Crippen molar-refractivity contribution in [1.29, 1.82) is 0 Å². The molecular weight excluding hydrogens is 234 g/mol. The minimum atomic E-state index is -0.464. The van der Waals surface area contributed by atoms with Crippen LogP contribution in [0.4, 0.5) is 4.79 Å². The van der Waals surface area contributed by atoms with E-state index in [-0.39, 0.29) is 18.8 Å². The Bertz CT molecular complexity index is 269. The van der Waals surface area contributed by atoms with Crippen molar-refractivity contribution in [1.82, 2.24) is 4.90 Å². The molecule has 0 spiro atoms. The standard InChI is InChI=1S/C13H25NO4/c1-13(2,3)18-12(16)14(4)5-6-17-11-7-10(8-11)9-15/h10-11,15H,5-9H2,1-4H3/t10-,11-. The Morgan fingerprint density at radius 1 is 1.39 bits per heavy atom. The lowest BCUT2D eigenvalue weighted by Crippen LogP contribution is -2.38. The Balaban J connectivity index is 2.10. The van der Waals surface area contributed by atoms with Gasteiger partial charge in [0.1, 0.15) is 5.60 Å². The number of hydrogen-bond donors (Lipinski definition) is 1. The van der Waals surface area contributed by atoms with Crippen LogP contribution in [-0.2, 0) is 9.47 Å². The van der Waals surface area contributed by atoms with E-state index in [1.165, 1.54) is 4.90 Å². The second-order valence-corrected chi connectivity index (χ2v) is 5.91. The molecule has 5 nitrogen and oxygen atoms in total. The molecule has 0 aromatic rings. The summed E-state index contributed by atoms with van der Waals surface area (Å²) in [5, 5.41) is 8.87. The largest absolute Gasteiger partial charge is 0.444 e. The lowest BCUT2D eigenvalue weighted by Gasteiger charge is -2.34. The van der Waals surface area contributed by atoms with Gasteiger partial charge in [-0.1, -0.05) is 0 Å². The molecule has 106 valence electrons. The van der Waals surface area contributed by atoms with Gasteiger partial charge in [-0.3, -0.25) is 0 Å². The molecule has 18 heavy (non-hydrogen) atoms. The van der Waals surface area contributed by atoms with Gasteiger partial charge in [-0.2, -0.15) is 0 Å². The fraction of sp³-hybridized carbons (Fsp3) is 0.923. The van der Waals surface area contributed by atoms with Crippen molar-refractivity contribution in [3.63, 3.8) is 0 Å². The highest BCUT2D eigenvalue weighted by Crippen LogP contribution is 2.29. The minimum absolute atomic E-state index is 0.245. The smallest absolute Gasteiger partial charge is 0.410 e. The summed E-state index contributed by atoms with van der Waals surface area (Å²) in [5.41, 5.74) is -0.464. The number of rotatable bonds is 5. The van der Waals surface area contributed by atoms with Crippen molar-refractivity contribution >= 4 is 6.09 Å². The van der Waals surface area contributed by atoms with Crippen molar-refractivity contribution < 1.29 is 19.4 Å². The van der Waals surface area contributed by atoms with E-state index in [1.54, 1.807) is 7.05 Å². The van der Waals surface area contributed by atoms with Gasteiger partial charge in [0.15, 0.2) is 0 Å². The van der Waals surface area contributed by atoms with E-state index >= 15 is 0 Å². The molecule has 0 heterocycles. The number of likely N-dealkylation sites (N-methyl/N-ethyl adjacent to an activating group) is 1. The van der Waals surface area contributed by atoms with E-state index in [9.17, 15) is 4.79 Å². The van der Waals surface area contributed by atoms with Crippen LogP contribution in [0.3, 0.4) is 0 Å². The van der Waals surface area contributed by atoms with Crippen LogP contribution in [0.1, 0.15) is 33.6 Å². The van der Waals surface area contributed by atoms with E-state index < -0.39 is 5.60 Å². The zero-order valence-corrected chi connectivity index (χ0v) is 11.8. The Labute approximate surface area is 109 Å². The monoisotopic (exact) mass is 259 g/mol. The third kappa shape index (κ3) is 5.23. The van der Waals surface area contributed by atoms with Gasteiger partial charge in [0.2, 0.25) is 0 Å². The number of aliphatic hydroxyl groups is 1. The van der Waals surface area contributed by atoms with Crippen molar-refractivity contribution in [3.05, 3.63) is 0 Å². The highest BCUT2D eigenvalue weighted by molar-refractivity contribution is 5.67. The molecule has 0 radical (unpaired) electrons. The molecule has 1 aliphatic carbocycles. The van der Waals surface area contributed by atoms with Gasteiger partial charge in [0, 0.05) is 20.2 Å². The summed E-state index contributed by atoms with van der Waals surface area (Å²) in [6.07, 6.45) is 1.77. The molecule has 1 aliphatic rings. The molecule has 0 bridgehead atoms. The van der Waals surface area contributed by atoms with Crippen molar-refractivity contribution in [3.8, 4) is 0 Å². The lowest BCUT2D eigenvalue weighted by molar-refractivity contribution is -0.0503. The molecule has 0 aromatic heterocycles. The van der Waals surface area contributed by atoms with E-state index in [2.05, 4.69) is 0 Å². The molecule has 0 saturated heterocycles. The highest BCUT2D eigenvalue weighted by Gasteiger charge is 2.29. The lowest BCUT2D eigenvalue weighted by atomic mass is 9.83. The molecule has 1 N–H and O–H groups in total. The van der Waals surface area contributed by atoms with Crippen LogP contribution in [0, 0.1) is 5.92 Å². The van der Waals surface area contributed by atoms with Gasteiger partial charge in [-0.25, -0.2) is 4.79 Å².